The summed E-state index contributed by atoms with van der Waals surface area (Å²) in [5, 5.41) is 1.25. The van der Waals surface area contributed by atoms with Gasteiger partial charge in [-0.3, -0.25) is 4.79 Å². The SMILES string of the molecule is O=C(CCl)N1CCc2c([nH]c3ccccc23)[C@@H]1c1ccccc1. The first-order chi connectivity index (χ1) is 11.3. The molecule has 1 aromatic heterocycles. The predicted octanol–water partition coefficient (Wildman–Crippen LogP) is 3.88. The number of carbonyl (C=O) groups is 1. The Kier molecular flexibility index (Phi) is 3.58. The molecule has 1 atom stereocenters. The third-order valence-electron chi connectivity index (χ3n) is 4.58. The van der Waals surface area contributed by atoms with E-state index in [4.69, 9.17) is 11.6 Å². The second kappa shape index (κ2) is 5.74. The van der Waals surface area contributed by atoms with Crippen molar-refractivity contribution in [3.8, 4) is 0 Å². The first-order valence-electron chi connectivity index (χ1n) is 7.79. The number of alkyl halides is 1. The molecule has 3 aromatic rings. The number of fused-ring (bicyclic) bond motifs is 3. The van der Waals surface area contributed by atoms with Crippen LogP contribution in [-0.2, 0) is 11.2 Å². The Bertz CT molecular complexity index is 856. The van der Waals surface area contributed by atoms with E-state index < -0.39 is 0 Å². The van der Waals surface area contributed by atoms with E-state index in [-0.39, 0.29) is 17.8 Å². The number of benzene rings is 2. The number of aromatic nitrogens is 1. The number of para-hydroxylation sites is 1. The average molecular weight is 325 g/mol. The summed E-state index contributed by atoms with van der Waals surface area (Å²) in [7, 11) is 0. The zero-order valence-electron chi connectivity index (χ0n) is 12.6. The van der Waals surface area contributed by atoms with Crippen molar-refractivity contribution in [2.45, 2.75) is 12.5 Å². The van der Waals surface area contributed by atoms with Crippen LogP contribution in [0.5, 0.6) is 0 Å². The van der Waals surface area contributed by atoms with Crippen molar-refractivity contribution in [1.29, 1.82) is 0 Å². The Morgan fingerprint density at radius 3 is 2.65 bits per heavy atom. The number of aromatic amines is 1. The zero-order valence-corrected chi connectivity index (χ0v) is 13.4. The number of amides is 1. The monoisotopic (exact) mass is 324 g/mol. The Balaban J connectivity index is 1.92. The molecule has 116 valence electrons. The molecule has 1 aliphatic heterocycles. The highest BCUT2D eigenvalue weighted by atomic mass is 35.5. The largest absolute Gasteiger partial charge is 0.356 e. The molecular weight excluding hydrogens is 308 g/mol. The summed E-state index contributed by atoms with van der Waals surface area (Å²) in [5.41, 5.74) is 4.66. The van der Waals surface area contributed by atoms with E-state index in [0.29, 0.717) is 6.54 Å². The van der Waals surface area contributed by atoms with Gasteiger partial charge in [-0.15, -0.1) is 11.6 Å². The highest BCUT2D eigenvalue weighted by Crippen LogP contribution is 2.38. The molecule has 3 nitrogen and oxygen atoms in total. The maximum absolute atomic E-state index is 12.4. The average Bonchev–Trinajstić information content (AvgIpc) is 2.99. The molecule has 0 radical (unpaired) electrons. The molecule has 1 N–H and O–H groups in total. The fraction of sp³-hybridized carbons (Fsp3) is 0.211. The van der Waals surface area contributed by atoms with E-state index in [0.717, 1.165) is 23.2 Å². The quantitative estimate of drug-likeness (QED) is 0.713. The number of nitrogens with zero attached hydrogens (tertiary/aromatic N) is 1. The molecule has 0 unspecified atom stereocenters. The minimum Gasteiger partial charge on any atom is -0.356 e. The zero-order chi connectivity index (χ0) is 15.8. The van der Waals surface area contributed by atoms with Gasteiger partial charge in [0.25, 0.3) is 0 Å². The molecule has 4 heteroatoms. The van der Waals surface area contributed by atoms with Gasteiger partial charge in [0.1, 0.15) is 5.88 Å². The fourth-order valence-electron chi connectivity index (χ4n) is 3.57. The van der Waals surface area contributed by atoms with Gasteiger partial charge < -0.3 is 9.88 Å². The lowest BCUT2D eigenvalue weighted by molar-refractivity contribution is -0.130. The normalized spacial score (nSPS) is 17.3. The highest BCUT2D eigenvalue weighted by Gasteiger charge is 2.33. The first kappa shape index (κ1) is 14.3. The lowest BCUT2D eigenvalue weighted by atomic mass is 9.92. The van der Waals surface area contributed by atoms with Crippen molar-refractivity contribution in [3.63, 3.8) is 0 Å². The predicted molar refractivity (Wildman–Crippen MR) is 92.7 cm³/mol. The van der Waals surface area contributed by atoms with E-state index >= 15 is 0 Å². The second-order valence-corrected chi connectivity index (χ2v) is 6.11. The van der Waals surface area contributed by atoms with Crippen LogP contribution in [0.15, 0.2) is 54.6 Å². The smallest absolute Gasteiger partial charge is 0.238 e. The molecule has 0 spiro atoms. The Morgan fingerprint density at radius 2 is 1.87 bits per heavy atom. The van der Waals surface area contributed by atoms with Crippen LogP contribution in [0.1, 0.15) is 22.9 Å². The summed E-state index contributed by atoms with van der Waals surface area (Å²) in [6.07, 6.45) is 0.852. The third kappa shape index (κ3) is 2.32. The molecule has 0 saturated heterocycles. The number of carbonyl (C=O) groups excluding carboxylic acids is 1. The van der Waals surface area contributed by atoms with Crippen LogP contribution in [0.25, 0.3) is 10.9 Å². The molecule has 2 aromatic carbocycles. The number of hydrogen-bond acceptors (Lipinski definition) is 1. The Labute approximate surface area is 139 Å². The molecule has 0 bridgehead atoms. The van der Waals surface area contributed by atoms with Crippen LogP contribution >= 0.6 is 11.6 Å². The number of halogens is 1. The van der Waals surface area contributed by atoms with Gasteiger partial charge in [0.15, 0.2) is 0 Å². The standard InChI is InChI=1S/C19H17ClN2O/c20-12-17(23)22-11-10-15-14-8-4-5-9-16(14)21-18(15)19(22)13-6-2-1-3-7-13/h1-9,19,21H,10-12H2/t19-/m0/s1. The van der Waals surface area contributed by atoms with Gasteiger partial charge in [0.2, 0.25) is 5.91 Å². The summed E-state index contributed by atoms with van der Waals surface area (Å²) in [5.74, 6) is -0.0105. The summed E-state index contributed by atoms with van der Waals surface area (Å²) in [6.45, 7) is 0.694. The molecule has 1 amide bonds. The number of hydrogen-bond donors (Lipinski definition) is 1. The fourth-order valence-corrected chi connectivity index (χ4v) is 3.72. The first-order valence-corrected chi connectivity index (χ1v) is 8.33. The number of rotatable bonds is 2. The third-order valence-corrected chi connectivity index (χ3v) is 4.81. The summed E-state index contributed by atoms with van der Waals surface area (Å²) in [6, 6.07) is 18.4. The molecule has 0 aliphatic carbocycles. The van der Waals surface area contributed by atoms with Crippen molar-refractivity contribution in [2.75, 3.05) is 12.4 Å². The van der Waals surface area contributed by atoms with Gasteiger partial charge in [0.05, 0.1) is 6.04 Å². The second-order valence-electron chi connectivity index (χ2n) is 5.85. The Morgan fingerprint density at radius 1 is 1.13 bits per heavy atom. The van der Waals surface area contributed by atoms with Crippen LogP contribution in [0.4, 0.5) is 0 Å². The molecule has 23 heavy (non-hydrogen) atoms. The van der Waals surface area contributed by atoms with E-state index in [1.807, 2.05) is 29.2 Å². The van der Waals surface area contributed by atoms with Crippen molar-refractivity contribution < 1.29 is 4.79 Å². The van der Waals surface area contributed by atoms with E-state index in [2.05, 4.69) is 35.3 Å². The Hall–Kier alpha value is -2.26. The lowest BCUT2D eigenvalue weighted by Gasteiger charge is -2.36. The molecular formula is C19H17ClN2O. The molecule has 0 fully saturated rings. The van der Waals surface area contributed by atoms with E-state index in [1.165, 1.54) is 10.9 Å². The van der Waals surface area contributed by atoms with Crippen LogP contribution in [-0.4, -0.2) is 28.2 Å². The summed E-state index contributed by atoms with van der Waals surface area (Å²) >= 11 is 5.84. The maximum atomic E-state index is 12.4. The topological polar surface area (TPSA) is 36.1 Å². The van der Waals surface area contributed by atoms with Crippen LogP contribution in [0.3, 0.4) is 0 Å². The number of nitrogens with one attached hydrogen (secondary N) is 1. The van der Waals surface area contributed by atoms with Crippen molar-refractivity contribution >= 4 is 28.4 Å². The maximum Gasteiger partial charge on any atom is 0.238 e. The highest BCUT2D eigenvalue weighted by molar-refractivity contribution is 6.27. The molecule has 0 saturated carbocycles. The minimum atomic E-state index is -0.0985. The van der Waals surface area contributed by atoms with Crippen LogP contribution in [0, 0.1) is 0 Å². The summed E-state index contributed by atoms with van der Waals surface area (Å²) < 4.78 is 0. The van der Waals surface area contributed by atoms with Crippen LogP contribution < -0.4 is 0 Å². The van der Waals surface area contributed by atoms with Gasteiger partial charge in [-0.1, -0.05) is 48.5 Å². The molecule has 4 rings (SSSR count). The van der Waals surface area contributed by atoms with Gasteiger partial charge in [-0.05, 0) is 23.6 Å². The molecule has 1 aliphatic rings. The molecule has 2 heterocycles. The van der Waals surface area contributed by atoms with Crippen LogP contribution in [0.2, 0.25) is 0 Å². The van der Waals surface area contributed by atoms with Crippen molar-refractivity contribution in [2.24, 2.45) is 0 Å². The van der Waals surface area contributed by atoms with Crippen molar-refractivity contribution in [3.05, 3.63) is 71.4 Å². The van der Waals surface area contributed by atoms with Gasteiger partial charge >= 0.3 is 0 Å². The van der Waals surface area contributed by atoms with Crippen molar-refractivity contribution in [1.82, 2.24) is 9.88 Å². The lowest BCUT2D eigenvalue weighted by Crippen LogP contribution is -2.41. The van der Waals surface area contributed by atoms with Gasteiger partial charge in [-0.2, -0.15) is 0 Å². The van der Waals surface area contributed by atoms with Gasteiger partial charge in [0, 0.05) is 23.1 Å². The number of H-pyrrole nitrogens is 1. The van der Waals surface area contributed by atoms with E-state index in [1.54, 1.807) is 0 Å². The van der Waals surface area contributed by atoms with E-state index in [9.17, 15) is 4.79 Å². The van der Waals surface area contributed by atoms with Gasteiger partial charge in [-0.25, -0.2) is 0 Å². The summed E-state index contributed by atoms with van der Waals surface area (Å²) in [4.78, 5) is 17.8. The minimum absolute atomic E-state index is 0.0128.